The number of fused-ring (bicyclic) bond motifs is 3. The zero-order valence-electron chi connectivity index (χ0n) is 35.8. The van der Waals surface area contributed by atoms with Gasteiger partial charge in [0.2, 0.25) is 0 Å². The summed E-state index contributed by atoms with van der Waals surface area (Å²) in [5.74, 6) is -1.32. The third kappa shape index (κ3) is 7.47. The van der Waals surface area contributed by atoms with Crippen molar-refractivity contribution in [1.29, 1.82) is 0 Å². The Kier molecular flexibility index (Phi) is 9.96. The quantitative estimate of drug-likeness (QED) is 0.0652. The highest BCUT2D eigenvalue weighted by molar-refractivity contribution is 5.76. The number of phenols is 9. The van der Waals surface area contributed by atoms with E-state index in [-0.39, 0.29) is 51.7 Å². The first-order valence-electron chi connectivity index (χ1n) is 21.8. The van der Waals surface area contributed by atoms with E-state index < -0.39 is 36.1 Å². The molecule has 6 unspecified atom stereocenters. The highest BCUT2D eigenvalue weighted by atomic mass is 16.5. The van der Waals surface area contributed by atoms with Crippen molar-refractivity contribution in [2.24, 2.45) is 0 Å². The SMILES string of the molecule is Oc1ccc(C=Cc2cc(O)cc3c2C(c2cc(O)cc(O)c2)C(c2ccc4c(c2)C(c2cc(O)cc5c2C(c2cc(O)cc(O)c2)C(c2ccc(O)cc2)O5)C(c2ccc(O)cc2)O4)O3)cc1. The molecule has 0 bridgehead atoms. The molecule has 3 aliphatic heterocycles. The predicted molar refractivity (Wildman–Crippen MR) is 251 cm³/mol. The van der Waals surface area contributed by atoms with Gasteiger partial charge in [0.25, 0.3) is 0 Å². The normalized spacial score (nSPS) is 20.0. The molecule has 12 heteroatoms. The lowest BCUT2D eigenvalue weighted by molar-refractivity contribution is 0.219. The number of rotatable bonds is 8. The molecule has 8 aromatic carbocycles. The molecule has 3 heterocycles. The van der Waals surface area contributed by atoms with Crippen molar-refractivity contribution in [3.05, 3.63) is 213 Å². The number of hydrogen-bond donors (Lipinski definition) is 9. The Bertz CT molecular complexity index is 3250. The van der Waals surface area contributed by atoms with Crippen molar-refractivity contribution in [2.45, 2.75) is 36.1 Å². The van der Waals surface area contributed by atoms with Gasteiger partial charge in [-0.15, -0.1) is 0 Å². The fourth-order valence-electron chi connectivity index (χ4n) is 10.2. The van der Waals surface area contributed by atoms with Gasteiger partial charge in [-0.2, -0.15) is 0 Å². The molecular weight excluding hydrogens is 865 g/mol. The van der Waals surface area contributed by atoms with E-state index in [9.17, 15) is 46.0 Å². The third-order valence-electron chi connectivity index (χ3n) is 13.0. The second kappa shape index (κ2) is 16.2. The zero-order valence-corrected chi connectivity index (χ0v) is 35.8. The molecule has 68 heavy (non-hydrogen) atoms. The average Bonchev–Trinajstić information content (AvgIpc) is 4.00. The maximum absolute atomic E-state index is 11.6. The van der Waals surface area contributed by atoms with Crippen LogP contribution in [0.5, 0.6) is 69.0 Å². The van der Waals surface area contributed by atoms with Crippen molar-refractivity contribution in [2.75, 3.05) is 0 Å². The number of hydrogen-bond acceptors (Lipinski definition) is 12. The summed E-state index contributed by atoms with van der Waals surface area (Å²) in [5, 5.41) is 96.5. The van der Waals surface area contributed by atoms with Gasteiger partial charge in [0.15, 0.2) is 0 Å². The van der Waals surface area contributed by atoms with Gasteiger partial charge in [-0.05, 0) is 129 Å². The van der Waals surface area contributed by atoms with E-state index in [4.69, 9.17) is 14.2 Å². The summed E-state index contributed by atoms with van der Waals surface area (Å²) >= 11 is 0. The molecule has 0 amide bonds. The van der Waals surface area contributed by atoms with E-state index in [1.807, 2.05) is 30.4 Å². The molecule has 6 atom stereocenters. The summed E-state index contributed by atoms with van der Waals surface area (Å²) in [6.45, 7) is 0. The standard InChI is InChI=1S/C56H42O12/c57-35-10-2-28(3-11-35)1-4-31-17-42(64)26-47-49(31)50(33-18-38(60)23-39(61)19-33)56(67-47)32-9-16-46-44(22-32)52(55(66-46)30-7-14-37(59)15-8-30)45-25-43(65)27-48-53(45)51(34-20-40(62)24-41(63)21-34)54(68-48)29-5-12-36(58)13-6-29/h1-27,50-52,54-65H. The predicted octanol–water partition coefficient (Wildman–Crippen LogP) is 11.0. The molecule has 0 fully saturated rings. The van der Waals surface area contributed by atoms with Crippen LogP contribution in [0.15, 0.2) is 152 Å². The van der Waals surface area contributed by atoms with Crippen LogP contribution in [-0.2, 0) is 0 Å². The van der Waals surface area contributed by atoms with Crippen LogP contribution in [0.1, 0.15) is 97.3 Å². The summed E-state index contributed by atoms with van der Waals surface area (Å²) in [5.41, 5.74) is 7.17. The third-order valence-corrected chi connectivity index (χ3v) is 13.0. The second-order valence-corrected chi connectivity index (χ2v) is 17.4. The topological polar surface area (TPSA) is 210 Å². The molecule has 9 N–H and O–H groups in total. The lowest BCUT2D eigenvalue weighted by Gasteiger charge is -2.26. The van der Waals surface area contributed by atoms with Gasteiger partial charge in [0.05, 0.1) is 17.8 Å². The van der Waals surface area contributed by atoms with Gasteiger partial charge in [-0.25, -0.2) is 0 Å². The van der Waals surface area contributed by atoms with Crippen LogP contribution < -0.4 is 14.2 Å². The van der Waals surface area contributed by atoms with Gasteiger partial charge >= 0.3 is 0 Å². The number of aromatic hydroxyl groups is 9. The van der Waals surface area contributed by atoms with Crippen LogP contribution in [0, 0.1) is 0 Å². The number of phenolic OH excluding ortho intramolecular Hbond substituents is 9. The van der Waals surface area contributed by atoms with Crippen molar-refractivity contribution in [3.63, 3.8) is 0 Å². The van der Waals surface area contributed by atoms with Crippen LogP contribution in [0.3, 0.4) is 0 Å². The minimum atomic E-state index is -0.799. The van der Waals surface area contributed by atoms with Gasteiger partial charge in [0, 0.05) is 41.0 Å². The first-order valence-corrected chi connectivity index (χ1v) is 21.8. The van der Waals surface area contributed by atoms with Crippen molar-refractivity contribution in [1.82, 2.24) is 0 Å². The van der Waals surface area contributed by atoms with Gasteiger partial charge in [0.1, 0.15) is 87.3 Å². The maximum Gasteiger partial charge on any atom is 0.135 e. The van der Waals surface area contributed by atoms with Crippen LogP contribution in [0.2, 0.25) is 0 Å². The average molecular weight is 907 g/mol. The Morgan fingerprint density at radius 2 is 0.721 bits per heavy atom. The molecule has 338 valence electrons. The Morgan fingerprint density at radius 3 is 1.28 bits per heavy atom. The molecule has 0 aliphatic carbocycles. The van der Waals surface area contributed by atoms with E-state index in [1.165, 1.54) is 24.3 Å². The molecule has 0 radical (unpaired) electrons. The second-order valence-electron chi connectivity index (χ2n) is 17.4. The lowest BCUT2D eigenvalue weighted by atomic mass is 9.76. The molecule has 0 aromatic heterocycles. The first kappa shape index (κ1) is 41.8. The van der Waals surface area contributed by atoms with E-state index in [2.05, 4.69) is 0 Å². The summed E-state index contributed by atoms with van der Waals surface area (Å²) in [4.78, 5) is 0. The minimum absolute atomic E-state index is 0.0494. The van der Waals surface area contributed by atoms with E-state index in [0.29, 0.717) is 72.9 Å². The largest absolute Gasteiger partial charge is 0.508 e. The molecule has 0 spiro atoms. The van der Waals surface area contributed by atoms with Crippen molar-refractivity contribution < 1.29 is 60.2 Å². The van der Waals surface area contributed by atoms with Gasteiger partial charge < -0.3 is 60.2 Å². The van der Waals surface area contributed by atoms with Crippen molar-refractivity contribution >= 4 is 12.2 Å². The van der Waals surface area contributed by atoms with Crippen LogP contribution in [-0.4, -0.2) is 46.0 Å². The molecule has 0 saturated heterocycles. The molecule has 11 rings (SSSR count). The zero-order chi connectivity index (χ0) is 47.0. The number of benzene rings is 8. The summed E-state index contributed by atoms with van der Waals surface area (Å²) in [6, 6.07) is 40.6. The molecule has 3 aliphatic rings. The summed E-state index contributed by atoms with van der Waals surface area (Å²) < 4.78 is 20.4. The highest BCUT2D eigenvalue weighted by Crippen LogP contribution is 2.60. The monoisotopic (exact) mass is 906 g/mol. The van der Waals surface area contributed by atoms with Crippen LogP contribution in [0.25, 0.3) is 12.2 Å². The molecular formula is C56H42O12. The Labute approximate surface area is 389 Å². The maximum atomic E-state index is 11.6. The molecule has 12 nitrogen and oxygen atoms in total. The van der Waals surface area contributed by atoms with Gasteiger partial charge in [-0.3, -0.25) is 0 Å². The Morgan fingerprint density at radius 1 is 0.294 bits per heavy atom. The van der Waals surface area contributed by atoms with E-state index in [1.54, 1.807) is 109 Å². The van der Waals surface area contributed by atoms with E-state index in [0.717, 1.165) is 5.56 Å². The van der Waals surface area contributed by atoms with Crippen molar-refractivity contribution in [3.8, 4) is 69.0 Å². The lowest BCUT2D eigenvalue weighted by Crippen LogP contribution is -2.16. The summed E-state index contributed by atoms with van der Waals surface area (Å²) in [7, 11) is 0. The van der Waals surface area contributed by atoms with Crippen LogP contribution in [0.4, 0.5) is 0 Å². The minimum Gasteiger partial charge on any atom is -0.508 e. The van der Waals surface area contributed by atoms with E-state index >= 15 is 0 Å². The Balaban J connectivity index is 1.09. The van der Waals surface area contributed by atoms with Gasteiger partial charge in [-0.1, -0.05) is 54.6 Å². The fraction of sp³-hybridized carbons (Fsp3) is 0.107. The van der Waals surface area contributed by atoms with Crippen LogP contribution >= 0.6 is 0 Å². The smallest absolute Gasteiger partial charge is 0.135 e. The number of ether oxygens (including phenoxy) is 3. The summed E-state index contributed by atoms with van der Waals surface area (Å²) in [6.07, 6.45) is 1.40. The first-order chi connectivity index (χ1) is 32.8. The fourth-order valence-corrected chi connectivity index (χ4v) is 10.2. The molecule has 0 saturated carbocycles. The highest BCUT2D eigenvalue weighted by Gasteiger charge is 2.47. The Hall–Kier alpha value is -8.90. The molecule has 8 aromatic rings.